The molecule has 12 heavy (non-hydrogen) atoms. The second-order valence-corrected chi connectivity index (χ2v) is 3.69. The van der Waals surface area contributed by atoms with Crippen LogP contribution in [0.3, 0.4) is 0 Å². The highest BCUT2D eigenvalue weighted by molar-refractivity contribution is 7.18. The van der Waals surface area contributed by atoms with Gasteiger partial charge in [0.25, 0.3) is 0 Å². The van der Waals surface area contributed by atoms with Crippen LogP contribution in [-0.2, 0) is 6.42 Å². The molecule has 3 heteroatoms. The maximum atomic E-state index is 12.7. The Morgan fingerprint density at radius 2 is 2.33 bits per heavy atom. The Kier molecular flexibility index (Phi) is 1.81. The molecule has 1 nitrogen and oxygen atoms in total. The fourth-order valence-electron chi connectivity index (χ4n) is 1.10. The normalized spacial score (nSPS) is 10.8. The van der Waals surface area contributed by atoms with Crippen LogP contribution in [0.4, 0.5) is 4.39 Å². The van der Waals surface area contributed by atoms with Crippen molar-refractivity contribution in [2.24, 2.45) is 0 Å². The quantitative estimate of drug-likeness (QED) is 0.659. The van der Waals surface area contributed by atoms with Gasteiger partial charge in [0, 0.05) is 6.07 Å². The summed E-state index contributed by atoms with van der Waals surface area (Å²) in [7, 11) is 0. The fraction of sp³-hybridized carbons (Fsp3) is 0.222. The van der Waals surface area contributed by atoms with E-state index in [-0.39, 0.29) is 5.82 Å². The maximum absolute atomic E-state index is 12.7. The molecule has 0 spiro atoms. The molecule has 0 aliphatic rings. The summed E-state index contributed by atoms with van der Waals surface area (Å²) in [5.41, 5.74) is 0.775. The zero-order chi connectivity index (χ0) is 8.55. The topological polar surface area (TPSA) is 12.9 Å². The first-order valence-corrected chi connectivity index (χ1v) is 4.66. The lowest BCUT2D eigenvalue weighted by Gasteiger charge is -1.85. The van der Waals surface area contributed by atoms with Gasteiger partial charge in [-0.15, -0.1) is 11.3 Å². The van der Waals surface area contributed by atoms with Crippen LogP contribution >= 0.6 is 11.3 Å². The molecule has 1 aromatic carbocycles. The molecule has 0 saturated carbocycles. The van der Waals surface area contributed by atoms with Crippen molar-refractivity contribution in [3.8, 4) is 0 Å². The first-order valence-electron chi connectivity index (χ1n) is 3.84. The Hall–Kier alpha value is -0.960. The molecule has 2 aromatic rings. The summed E-state index contributed by atoms with van der Waals surface area (Å²) in [4.78, 5) is 4.27. The van der Waals surface area contributed by atoms with Crippen molar-refractivity contribution in [3.05, 3.63) is 29.0 Å². The minimum atomic E-state index is -0.213. The van der Waals surface area contributed by atoms with Crippen molar-refractivity contribution in [2.45, 2.75) is 13.3 Å². The average molecular weight is 181 g/mol. The minimum Gasteiger partial charge on any atom is -0.241 e. The van der Waals surface area contributed by atoms with Gasteiger partial charge in [0.1, 0.15) is 5.82 Å². The van der Waals surface area contributed by atoms with E-state index in [4.69, 9.17) is 0 Å². The van der Waals surface area contributed by atoms with Gasteiger partial charge in [-0.05, 0) is 18.6 Å². The molecule has 0 aliphatic heterocycles. The summed E-state index contributed by atoms with van der Waals surface area (Å²) in [6, 6.07) is 4.73. The molecule has 0 unspecified atom stereocenters. The Balaban J connectivity index is 2.67. The Morgan fingerprint density at radius 3 is 3.08 bits per heavy atom. The van der Waals surface area contributed by atoms with Gasteiger partial charge in [0.15, 0.2) is 0 Å². The lowest BCUT2D eigenvalue weighted by atomic mass is 10.3. The summed E-state index contributed by atoms with van der Waals surface area (Å²) < 4.78 is 13.8. The molecule has 62 valence electrons. The standard InChI is InChI=1S/C9H8FNS/c1-2-9-11-7-5-6(10)3-4-8(7)12-9/h3-5H,2H2,1H3. The molecule has 0 fully saturated rings. The van der Waals surface area contributed by atoms with Crippen molar-refractivity contribution in [1.29, 1.82) is 0 Å². The minimum absolute atomic E-state index is 0.213. The van der Waals surface area contributed by atoms with Gasteiger partial charge in [-0.1, -0.05) is 6.92 Å². The molecule has 0 aliphatic carbocycles. The van der Waals surface area contributed by atoms with Gasteiger partial charge in [0.05, 0.1) is 15.2 Å². The highest BCUT2D eigenvalue weighted by atomic mass is 32.1. The SMILES string of the molecule is CCc1nc2cc(F)ccc2s1. The lowest BCUT2D eigenvalue weighted by molar-refractivity contribution is 0.629. The molecule has 1 heterocycles. The monoisotopic (exact) mass is 181 g/mol. The van der Waals surface area contributed by atoms with Crippen molar-refractivity contribution >= 4 is 21.6 Å². The van der Waals surface area contributed by atoms with Crippen LogP contribution in [-0.4, -0.2) is 4.98 Å². The highest BCUT2D eigenvalue weighted by Crippen LogP contribution is 2.22. The molecule has 1 aromatic heterocycles. The van der Waals surface area contributed by atoms with E-state index in [0.29, 0.717) is 0 Å². The zero-order valence-electron chi connectivity index (χ0n) is 6.67. The average Bonchev–Trinajstić information content (AvgIpc) is 2.46. The third-order valence-electron chi connectivity index (χ3n) is 1.70. The lowest BCUT2D eigenvalue weighted by Crippen LogP contribution is -1.75. The van der Waals surface area contributed by atoms with E-state index in [2.05, 4.69) is 4.98 Å². The van der Waals surface area contributed by atoms with Crippen LogP contribution in [0.1, 0.15) is 11.9 Å². The van der Waals surface area contributed by atoms with Gasteiger partial charge in [0.2, 0.25) is 0 Å². The zero-order valence-corrected chi connectivity index (χ0v) is 7.49. The van der Waals surface area contributed by atoms with Crippen molar-refractivity contribution in [3.63, 3.8) is 0 Å². The second kappa shape index (κ2) is 2.83. The predicted molar refractivity (Wildman–Crippen MR) is 49.0 cm³/mol. The summed E-state index contributed by atoms with van der Waals surface area (Å²) in [6.45, 7) is 2.05. The van der Waals surface area contributed by atoms with E-state index in [1.54, 1.807) is 17.4 Å². The molecular formula is C9H8FNS. The number of aryl methyl sites for hydroxylation is 1. The van der Waals surface area contributed by atoms with Gasteiger partial charge in [-0.3, -0.25) is 0 Å². The maximum Gasteiger partial charge on any atom is 0.125 e. The summed E-state index contributed by atoms with van der Waals surface area (Å²) in [5.74, 6) is -0.213. The molecular weight excluding hydrogens is 173 g/mol. The Bertz CT molecular complexity index is 408. The van der Waals surface area contributed by atoms with E-state index in [9.17, 15) is 4.39 Å². The third-order valence-corrected chi connectivity index (χ3v) is 2.88. The van der Waals surface area contributed by atoms with E-state index in [1.807, 2.05) is 6.92 Å². The number of nitrogens with zero attached hydrogens (tertiary/aromatic N) is 1. The number of fused-ring (bicyclic) bond motifs is 1. The van der Waals surface area contributed by atoms with Crippen LogP contribution in [0.15, 0.2) is 18.2 Å². The molecule has 0 N–H and O–H groups in total. The number of thiazole rings is 1. The molecule has 0 radical (unpaired) electrons. The van der Waals surface area contributed by atoms with Crippen LogP contribution in [0.25, 0.3) is 10.2 Å². The van der Waals surface area contributed by atoms with Crippen LogP contribution in [0, 0.1) is 5.82 Å². The number of rotatable bonds is 1. The van der Waals surface area contributed by atoms with Crippen LogP contribution < -0.4 is 0 Å². The molecule has 0 atom stereocenters. The van der Waals surface area contributed by atoms with E-state index in [0.717, 1.165) is 21.6 Å². The number of halogens is 1. The van der Waals surface area contributed by atoms with Gasteiger partial charge in [-0.25, -0.2) is 9.37 Å². The van der Waals surface area contributed by atoms with Crippen molar-refractivity contribution < 1.29 is 4.39 Å². The van der Waals surface area contributed by atoms with Crippen LogP contribution in [0.5, 0.6) is 0 Å². The van der Waals surface area contributed by atoms with Gasteiger partial charge in [-0.2, -0.15) is 0 Å². The van der Waals surface area contributed by atoms with E-state index in [1.165, 1.54) is 12.1 Å². The Labute approximate surface area is 73.9 Å². The summed E-state index contributed by atoms with van der Waals surface area (Å²) >= 11 is 1.63. The van der Waals surface area contributed by atoms with E-state index >= 15 is 0 Å². The fourth-order valence-corrected chi connectivity index (χ4v) is 1.99. The van der Waals surface area contributed by atoms with E-state index < -0.39 is 0 Å². The molecule has 0 saturated heterocycles. The summed E-state index contributed by atoms with van der Waals surface area (Å²) in [5, 5.41) is 1.07. The number of benzene rings is 1. The predicted octanol–water partition coefficient (Wildman–Crippen LogP) is 3.00. The largest absolute Gasteiger partial charge is 0.241 e. The molecule has 0 bridgehead atoms. The smallest absolute Gasteiger partial charge is 0.125 e. The van der Waals surface area contributed by atoms with Gasteiger partial charge < -0.3 is 0 Å². The highest BCUT2D eigenvalue weighted by Gasteiger charge is 2.01. The third kappa shape index (κ3) is 1.20. The summed E-state index contributed by atoms with van der Waals surface area (Å²) in [6.07, 6.45) is 0.918. The van der Waals surface area contributed by atoms with Crippen LogP contribution in [0.2, 0.25) is 0 Å². The Morgan fingerprint density at radius 1 is 1.50 bits per heavy atom. The first-order chi connectivity index (χ1) is 5.79. The van der Waals surface area contributed by atoms with Crippen molar-refractivity contribution in [1.82, 2.24) is 4.98 Å². The number of hydrogen-bond donors (Lipinski definition) is 0. The number of aromatic nitrogens is 1. The second-order valence-electron chi connectivity index (χ2n) is 2.57. The molecule has 0 amide bonds. The van der Waals surface area contributed by atoms with Crippen molar-refractivity contribution in [2.75, 3.05) is 0 Å². The number of hydrogen-bond acceptors (Lipinski definition) is 2. The van der Waals surface area contributed by atoms with Gasteiger partial charge >= 0.3 is 0 Å². The molecule has 2 rings (SSSR count). The first kappa shape index (κ1) is 7.68.